The second-order valence-corrected chi connectivity index (χ2v) is 4.20. The fourth-order valence-electron chi connectivity index (χ4n) is 1.17. The first-order valence-electron chi connectivity index (χ1n) is 5.05. The van der Waals surface area contributed by atoms with Gasteiger partial charge in [0.2, 0.25) is 0 Å². The number of carbonyl (C=O) groups excluding carboxylic acids is 1. The zero-order chi connectivity index (χ0) is 13.1. The predicted octanol–water partition coefficient (Wildman–Crippen LogP) is 3.89. The van der Waals surface area contributed by atoms with Crippen LogP contribution in [0.4, 0.5) is 14.9 Å². The molecule has 4 nitrogen and oxygen atoms in total. The van der Waals surface area contributed by atoms with E-state index in [2.05, 4.69) is 17.2 Å². The largest absolute Gasteiger partial charge is 0.514 e. The number of hydrogen-bond donors (Lipinski definition) is 0. The van der Waals surface area contributed by atoms with Gasteiger partial charge < -0.3 is 9.47 Å². The number of hydrogen-bond acceptors (Lipinski definition) is 5. The van der Waals surface area contributed by atoms with Crippen LogP contribution in [-0.4, -0.2) is 17.4 Å². The minimum atomic E-state index is -0.872. The predicted molar refractivity (Wildman–Crippen MR) is 66.2 cm³/mol. The summed E-state index contributed by atoms with van der Waals surface area (Å²) in [6, 6.07) is 2.14. The first-order valence-corrected chi connectivity index (χ1v) is 5.84. The lowest BCUT2D eigenvalue weighted by Gasteiger charge is -2.07. The van der Waals surface area contributed by atoms with Gasteiger partial charge in [-0.2, -0.15) is 4.99 Å². The molecule has 0 atom stereocenters. The van der Waals surface area contributed by atoms with Crippen molar-refractivity contribution < 1.29 is 18.7 Å². The van der Waals surface area contributed by atoms with Crippen molar-refractivity contribution in [1.82, 2.24) is 0 Å². The van der Waals surface area contributed by atoms with Crippen LogP contribution in [0, 0.1) is 5.82 Å². The maximum atomic E-state index is 13.3. The number of nitrogens with zero attached hydrogens (tertiary/aromatic N) is 1. The molecule has 1 aliphatic rings. The van der Waals surface area contributed by atoms with E-state index in [1.165, 1.54) is 0 Å². The van der Waals surface area contributed by atoms with Gasteiger partial charge in [0, 0.05) is 6.07 Å². The molecule has 0 saturated heterocycles. The number of thiocarbonyl (C=S) groups is 1. The molecule has 1 aromatic carbocycles. The number of rotatable bonds is 3. The van der Waals surface area contributed by atoms with Crippen molar-refractivity contribution in [2.75, 3.05) is 0 Å². The highest BCUT2D eigenvalue weighted by atomic mass is 35.5. The van der Waals surface area contributed by atoms with Gasteiger partial charge in [0.15, 0.2) is 11.6 Å². The molecule has 7 heteroatoms. The van der Waals surface area contributed by atoms with E-state index in [-0.39, 0.29) is 22.6 Å². The number of halogens is 2. The Morgan fingerprint density at radius 3 is 2.89 bits per heavy atom. The highest BCUT2D eigenvalue weighted by Gasteiger charge is 2.27. The molecule has 1 saturated carbocycles. The highest BCUT2D eigenvalue weighted by Crippen LogP contribution is 2.32. The topological polar surface area (TPSA) is 47.9 Å². The summed E-state index contributed by atoms with van der Waals surface area (Å²) in [5.41, 5.74) is -0.108. The van der Waals surface area contributed by atoms with Crippen molar-refractivity contribution in [1.29, 1.82) is 0 Å². The van der Waals surface area contributed by atoms with Gasteiger partial charge in [-0.15, -0.1) is 0 Å². The van der Waals surface area contributed by atoms with Crippen LogP contribution < -0.4 is 4.74 Å². The molecule has 0 unspecified atom stereocenters. The molecular formula is C11H7ClFNO3S. The fourth-order valence-corrected chi connectivity index (χ4v) is 1.45. The third-order valence-corrected chi connectivity index (χ3v) is 2.53. The molecule has 18 heavy (non-hydrogen) atoms. The standard InChI is InChI=1S/C11H7ClFNO3S/c12-7-3-8(13)9(14-5-18)4-10(7)17-11(15)16-6-1-2-6/h3-4,6H,1-2H2. The number of ether oxygens (including phenoxy) is 2. The molecule has 0 radical (unpaired) electrons. The van der Waals surface area contributed by atoms with Gasteiger partial charge in [0.1, 0.15) is 11.8 Å². The maximum Gasteiger partial charge on any atom is 0.514 e. The summed E-state index contributed by atoms with van der Waals surface area (Å²) in [5.74, 6) is -0.715. The Labute approximate surface area is 112 Å². The van der Waals surface area contributed by atoms with Crippen LogP contribution in [0.2, 0.25) is 5.02 Å². The molecular weight excluding hydrogens is 281 g/mol. The molecule has 0 bridgehead atoms. The van der Waals surface area contributed by atoms with Crippen LogP contribution in [0.3, 0.4) is 0 Å². The molecule has 1 aliphatic carbocycles. The second kappa shape index (κ2) is 5.44. The quantitative estimate of drug-likeness (QED) is 0.366. The minimum Gasteiger partial charge on any atom is -0.431 e. The maximum absolute atomic E-state index is 13.3. The van der Waals surface area contributed by atoms with Crippen LogP contribution in [0.25, 0.3) is 0 Å². The normalized spacial score (nSPS) is 13.7. The Hall–Kier alpha value is -1.49. The van der Waals surface area contributed by atoms with E-state index in [0.717, 1.165) is 25.0 Å². The third-order valence-electron chi connectivity index (χ3n) is 2.15. The number of aliphatic imine (C=N–C) groups is 1. The molecule has 0 N–H and O–H groups in total. The molecule has 0 aromatic heterocycles. The summed E-state index contributed by atoms with van der Waals surface area (Å²) in [6.07, 6.45) is 0.692. The smallest absolute Gasteiger partial charge is 0.431 e. The number of benzene rings is 1. The highest BCUT2D eigenvalue weighted by molar-refractivity contribution is 7.78. The first kappa shape index (κ1) is 13.0. The number of isothiocyanates is 1. The zero-order valence-electron chi connectivity index (χ0n) is 8.98. The first-order chi connectivity index (χ1) is 8.60. The summed E-state index contributed by atoms with van der Waals surface area (Å²) in [6.45, 7) is 0. The zero-order valence-corrected chi connectivity index (χ0v) is 10.6. The van der Waals surface area contributed by atoms with E-state index in [0.29, 0.717) is 0 Å². The van der Waals surface area contributed by atoms with Gasteiger partial charge in [0.05, 0.1) is 10.2 Å². The van der Waals surface area contributed by atoms with E-state index in [4.69, 9.17) is 21.1 Å². The monoisotopic (exact) mass is 287 g/mol. The Kier molecular flexibility index (Phi) is 3.91. The van der Waals surface area contributed by atoms with Crippen molar-refractivity contribution >= 4 is 40.8 Å². The summed E-state index contributed by atoms with van der Waals surface area (Å²) in [5, 5.41) is 1.97. The van der Waals surface area contributed by atoms with E-state index in [1.807, 2.05) is 5.16 Å². The van der Waals surface area contributed by atoms with E-state index < -0.39 is 12.0 Å². The molecule has 0 spiro atoms. The lowest BCUT2D eigenvalue weighted by molar-refractivity contribution is 0.0925. The average molecular weight is 288 g/mol. The molecule has 1 aromatic rings. The molecule has 0 heterocycles. The van der Waals surface area contributed by atoms with E-state index >= 15 is 0 Å². The molecule has 2 rings (SSSR count). The summed E-state index contributed by atoms with van der Waals surface area (Å²) in [7, 11) is 0. The van der Waals surface area contributed by atoms with Crippen LogP contribution >= 0.6 is 23.8 Å². The average Bonchev–Trinajstić information content (AvgIpc) is 3.09. The van der Waals surface area contributed by atoms with Crippen LogP contribution in [0.1, 0.15) is 12.8 Å². The molecule has 0 amide bonds. The Balaban J connectivity index is 2.17. The summed E-state index contributed by atoms with van der Waals surface area (Å²) < 4.78 is 23.1. The Morgan fingerprint density at radius 1 is 1.56 bits per heavy atom. The SMILES string of the molecule is O=C(Oc1cc(N=C=S)c(F)cc1Cl)OC1CC1. The van der Waals surface area contributed by atoms with Crippen molar-refractivity contribution in [2.45, 2.75) is 18.9 Å². The van der Waals surface area contributed by atoms with Crippen LogP contribution in [0.15, 0.2) is 17.1 Å². The molecule has 94 valence electrons. The lowest BCUT2D eigenvalue weighted by atomic mass is 10.3. The van der Waals surface area contributed by atoms with Gasteiger partial charge in [-0.1, -0.05) is 11.6 Å². The molecule has 1 fully saturated rings. The van der Waals surface area contributed by atoms with Crippen LogP contribution in [-0.2, 0) is 4.74 Å². The van der Waals surface area contributed by atoms with Crippen molar-refractivity contribution in [3.63, 3.8) is 0 Å². The Bertz CT molecular complexity index is 541. The summed E-state index contributed by atoms with van der Waals surface area (Å²) in [4.78, 5) is 14.8. The third kappa shape index (κ3) is 3.26. The fraction of sp³-hybridized carbons (Fsp3) is 0.273. The Morgan fingerprint density at radius 2 is 2.28 bits per heavy atom. The van der Waals surface area contributed by atoms with E-state index in [9.17, 15) is 9.18 Å². The van der Waals surface area contributed by atoms with E-state index in [1.54, 1.807) is 0 Å². The second-order valence-electron chi connectivity index (χ2n) is 3.61. The van der Waals surface area contributed by atoms with Crippen molar-refractivity contribution in [3.8, 4) is 5.75 Å². The minimum absolute atomic E-state index is 0.0345. The lowest BCUT2D eigenvalue weighted by Crippen LogP contribution is -2.12. The van der Waals surface area contributed by atoms with Crippen molar-refractivity contribution in [3.05, 3.63) is 23.0 Å². The van der Waals surface area contributed by atoms with Gasteiger partial charge in [-0.25, -0.2) is 9.18 Å². The van der Waals surface area contributed by atoms with Gasteiger partial charge in [-0.3, -0.25) is 0 Å². The molecule has 0 aliphatic heterocycles. The van der Waals surface area contributed by atoms with Crippen molar-refractivity contribution in [2.24, 2.45) is 4.99 Å². The van der Waals surface area contributed by atoms with Gasteiger partial charge in [0.25, 0.3) is 0 Å². The summed E-state index contributed by atoms with van der Waals surface area (Å²) >= 11 is 10.1. The van der Waals surface area contributed by atoms with Gasteiger partial charge in [-0.05, 0) is 31.1 Å². The van der Waals surface area contributed by atoms with Gasteiger partial charge >= 0.3 is 6.16 Å². The van der Waals surface area contributed by atoms with Crippen LogP contribution in [0.5, 0.6) is 5.75 Å². The number of carbonyl (C=O) groups is 1.